The van der Waals surface area contributed by atoms with Gasteiger partial charge in [-0.15, -0.1) is 0 Å². The standard InChI is InChI=1S/C27H33N3O/c1-21-11-6-8-13-23(21)19-29-18-10-16-25(29)20-30(24-14-4-3-5-15-24)27(31)28-26-17-9-7-12-22(26)2/h6-13,16-18,24H,3-5,14-15,19-20H2,1-2H3,(H,28,31). The van der Waals surface area contributed by atoms with Crippen molar-refractivity contribution in [2.24, 2.45) is 0 Å². The molecule has 4 heteroatoms. The molecule has 0 saturated heterocycles. The molecule has 0 aliphatic heterocycles. The van der Waals surface area contributed by atoms with Gasteiger partial charge in [-0.3, -0.25) is 0 Å². The van der Waals surface area contributed by atoms with E-state index in [4.69, 9.17) is 0 Å². The lowest BCUT2D eigenvalue weighted by atomic mass is 9.94. The van der Waals surface area contributed by atoms with E-state index >= 15 is 0 Å². The Morgan fingerprint density at radius 3 is 2.39 bits per heavy atom. The molecule has 1 aromatic heterocycles. The van der Waals surface area contributed by atoms with Crippen LogP contribution in [0.1, 0.15) is 54.5 Å². The van der Waals surface area contributed by atoms with Crippen molar-refractivity contribution in [3.05, 3.63) is 89.2 Å². The second kappa shape index (κ2) is 9.86. The molecule has 3 aromatic rings. The molecule has 1 saturated carbocycles. The molecule has 2 amide bonds. The summed E-state index contributed by atoms with van der Waals surface area (Å²) in [5.41, 5.74) is 5.76. The molecule has 0 spiro atoms. The van der Waals surface area contributed by atoms with Crippen LogP contribution in [-0.2, 0) is 13.1 Å². The number of hydrogen-bond acceptors (Lipinski definition) is 1. The third-order valence-corrected chi connectivity index (χ3v) is 6.52. The van der Waals surface area contributed by atoms with Crippen LogP contribution in [-0.4, -0.2) is 21.5 Å². The predicted octanol–water partition coefficient (Wildman–Crippen LogP) is 6.52. The zero-order chi connectivity index (χ0) is 21.6. The molecular weight excluding hydrogens is 382 g/mol. The molecule has 0 atom stereocenters. The first kappa shape index (κ1) is 21.2. The van der Waals surface area contributed by atoms with Gasteiger partial charge in [0.1, 0.15) is 0 Å². The van der Waals surface area contributed by atoms with Gasteiger partial charge in [-0.2, -0.15) is 0 Å². The molecular formula is C27H33N3O. The fourth-order valence-electron chi connectivity index (χ4n) is 4.55. The van der Waals surface area contributed by atoms with Crippen LogP contribution in [0.4, 0.5) is 10.5 Å². The molecule has 1 aliphatic carbocycles. The van der Waals surface area contributed by atoms with E-state index in [1.165, 1.54) is 36.1 Å². The first-order valence-electron chi connectivity index (χ1n) is 11.4. The Kier molecular flexibility index (Phi) is 6.76. The number of urea groups is 1. The molecule has 162 valence electrons. The van der Waals surface area contributed by atoms with Crippen LogP contribution in [0.25, 0.3) is 0 Å². The van der Waals surface area contributed by atoms with Gasteiger partial charge in [0.05, 0.1) is 6.54 Å². The minimum atomic E-state index is 0.00448. The van der Waals surface area contributed by atoms with E-state index < -0.39 is 0 Å². The summed E-state index contributed by atoms with van der Waals surface area (Å²) < 4.78 is 2.28. The Bertz CT molecular complexity index is 1020. The van der Waals surface area contributed by atoms with Crippen molar-refractivity contribution in [1.82, 2.24) is 9.47 Å². The van der Waals surface area contributed by atoms with Crippen molar-refractivity contribution in [2.45, 2.75) is 65.1 Å². The number of aromatic nitrogens is 1. The number of aryl methyl sites for hydroxylation is 2. The smallest absolute Gasteiger partial charge is 0.322 e. The monoisotopic (exact) mass is 415 g/mol. The summed E-state index contributed by atoms with van der Waals surface area (Å²) in [6, 6.07) is 21.0. The topological polar surface area (TPSA) is 37.3 Å². The molecule has 1 fully saturated rings. The van der Waals surface area contributed by atoms with Crippen LogP contribution < -0.4 is 5.32 Å². The maximum absolute atomic E-state index is 13.4. The molecule has 1 aliphatic rings. The number of benzene rings is 2. The van der Waals surface area contributed by atoms with Crippen molar-refractivity contribution in [3.8, 4) is 0 Å². The van der Waals surface area contributed by atoms with Crippen LogP contribution >= 0.6 is 0 Å². The predicted molar refractivity (Wildman–Crippen MR) is 127 cm³/mol. The highest BCUT2D eigenvalue weighted by Gasteiger charge is 2.26. The lowest BCUT2D eigenvalue weighted by Gasteiger charge is -2.35. The van der Waals surface area contributed by atoms with E-state index in [9.17, 15) is 4.79 Å². The average Bonchev–Trinajstić information content (AvgIpc) is 3.22. The number of rotatable bonds is 6. The van der Waals surface area contributed by atoms with E-state index in [-0.39, 0.29) is 6.03 Å². The van der Waals surface area contributed by atoms with Crippen LogP contribution in [0.3, 0.4) is 0 Å². The third kappa shape index (κ3) is 5.19. The number of hydrogen-bond donors (Lipinski definition) is 1. The van der Waals surface area contributed by atoms with Gasteiger partial charge in [-0.1, -0.05) is 61.7 Å². The van der Waals surface area contributed by atoms with Crippen molar-refractivity contribution in [2.75, 3.05) is 5.32 Å². The Balaban J connectivity index is 1.55. The summed E-state index contributed by atoms with van der Waals surface area (Å²) in [6.07, 6.45) is 7.96. The first-order valence-corrected chi connectivity index (χ1v) is 11.4. The zero-order valence-electron chi connectivity index (χ0n) is 18.7. The van der Waals surface area contributed by atoms with Crippen molar-refractivity contribution < 1.29 is 4.79 Å². The normalized spacial score (nSPS) is 14.4. The van der Waals surface area contributed by atoms with E-state index in [0.717, 1.165) is 30.6 Å². The van der Waals surface area contributed by atoms with Crippen LogP contribution in [0, 0.1) is 13.8 Å². The lowest BCUT2D eigenvalue weighted by molar-refractivity contribution is 0.161. The molecule has 4 rings (SSSR count). The van der Waals surface area contributed by atoms with Gasteiger partial charge in [0.25, 0.3) is 0 Å². The quantitative estimate of drug-likeness (QED) is 0.489. The van der Waals surface area contributed by atoms with Gasteiger partial charge in [-0.25, -0.2) is 4.79 Å². The zero-order valence-corrected chi connectivity index (χ0v) is 18.7. The van der Waals surface area contributed by atoms with E-state index in [1.807, 2.05) is 31.2 Å². The Hall–Kier alpha value is -3.01. The number of nitrogens with zero attached hydrogens (tertiary/aromatic N) is 2. The number of amides is 2. The van der Waals surface area contributed by atoms with E-state index in [0.29, 0.717) is 12.6 Å². The number of carbonyl (C=O) groups is 1. The second-order valence-corrected chi connectivity index (χ2v) is 8.72. The van der Waals surface area contributed by atoms with Crippen LogP contribution in [0.5, 0.6) is 0 Å². The second-order valence-electron chi connectivity index (χ2n) is 8.72. The van der Waals surface area contributed by atoms with Crippen molar-refractivity contribution >= 4 is 11.7 Å². The average molecular weight is 416 g/mol. The summed E-state index contributed by atoms with van der Waals surface area (Å²) in [5, 5.41) is 3.18. The SMILES string of the molecule is Cc1ccccc1Cn1cccc1CN(C(=O)Nc1ccccc1C)C1CCCCC1. The fraction of sp³-hybridized carbons (Fsp3) is 0.370. The molecule has 1 heterocycles. The molecule has 1 N–H and O–H groups in total. The Morgan fingerprint density at radius 2 is 1.65 bits per heavy atom. The summed E-state index contributed by atoms with van der Waals surface area (Å²) in [4.78, 5) is 15.5. The minimum Gasteiger partial charge on any atom is -0.345 e. The molecule has 4 nitrogen and oxygen atoms in total. The molecule has 2 aromatic carbocycles. The van der Waals surface area contributed by atoms with Gasteiger partial charge in [0, 0.05) is 30.2 Å². The van der Waals surface area contributed by atoms with Crippen molar-refractivity contribution in [1.29, 1.82) is 0 Å². The maximum atomic E-state index is 13.4. The van der Waals surface area contributed by atoms with E-state index in [1.54, 1.807) is 0 Å². The number of para-hydroxylation sites is 1. The molecule has 0 bridgehead atoms. The molecule has 0 unspecified atom stereocenters. The molecule has 0 radical (unpaired) electrons. The highest BCUT2D eigenvalue weighted by molar-refractivity contribution is 5.90. The van der Waals surface area contributed by atoms with Crippen molar-refractivity contribution in [3.63, 3.8) is 0 Å². The highest BCUT2D eigenvalue weighted by atomic mass is 16.2. The van der Waals surface area contributed by atoms with Crippen LogP contribution in [0.2, 0.25) is 0 Å². The number of anilines is 1. The van der Waals surface area contributed by atoms with Gasteiger partial charge in [0.2, 0.25) is 0 Å². The number of nitrogens with one attached hydrogen (secondary N) is 1. The Morgan fingerprint density at radius 1 is 0.935 bits per heavy atom. The highest BCUT2D eigenvalue weighted by Crippen LogP contribution is 2.26. The van der Waals surface area contributed by atoms with Gasteiger partial charge in [0.15, 0.2) is 0 Å². The van der Waals surface area contributed by atoms with Crippen LogP contribution in [0.15, 0.2) is 66.9 Å². The first-order chi connectivity index (χ1) is 15.1. The van der Waals surface area contributed by atoms with Gasteiger partial charge < -0.3 is 14.8 Å². The van der Waals surface area contributed by atoms with Gasteiger partial charge in [-0.05, 0) is 61.6 Å². The lowest BCUT2D eigenvalue weighted by Crippen LogP contribution is -2.43. The molecule has 31 heavy (non-hydrogen) atoms. The van der Waals surface area contributed by atoms with Gasteiger partial charge >= 0.3 is 6.03 Å². The van der Waals surface area contributed by atoms with E-state index in [2.05, 4.69) is 64.3 Å². The third-order valence-electron chi connectivity index (χ3n) is 6.52. The minimum absolute atomic E-state index is 0.00448. The fourth-order valence-corrected chi connectivity index (χ4v) is 4.55. The summed E-state index contributed by atoms with van der Waals surface area (Å²) in [5.74, 6) is 0. The Labute approximate surface area is 185 Å². The largest absolute Gasteiger partial charge is 0.345 e. The summed E-state index contributed by atoms with van der Waals surface area (Å²) >= 11 is 0. The maximum Gasteiger partial charge on any atom is 0.322 e. The summed E-state index contributed by atoms with van der Waals surface area (Å²) in [6.45, 7) is 5.64. The summed E-state index contributed by atoms with van der Waals surface area (Å²) in [7, 11) is 0. The number of carbonyl (C=O) groups excluding carboxylic acids is 1.